The molecular weight excluding hydrogens is 307 g/mol. The number of carbonyl (C=O) groups is 2. The van der Waals surface area contributed by atoms with Crippen molar-refractivity contribution in [3.05, 3.63) is 28.2 Å². The summed E-state index contributed by atoms with van der Waals surface area (Å²) >= 11 is 13.0. The maximum atomic E-state index is 11.7. The highest BCUT2D eigenvalue weighted by Crippen LogP contribution is 2.24. The topological polar surface area (TPSA) is 49.4 Å². The lowest BCUT2D eigenvalue weighted by Gasteiger charge is -2.16. The lowest BCUT2D eigenvalue weighted by molar-refractivity contribution is -0.131. The van der Waals surface area contributed by atoms with Crippen LogP contribution in [0.4, 0.5) is 5.69 Å². The minimum Gasteiger partial charge on any atom is -0.336 e. The van der Waals surface area contributed by atoms with Gasteiger partial charge in [0.1, 0.15) is 0 Å². The summed E-state index contributed by atoms with van der Waals surface area (Å²) in [5.41, 5.74) is 0.546. The second kappa shape index (κ2) is 7.62. The van der Waals surface area contributed by atoms with Crippen molar-refractivity contribution in [3.63, 3.8) is 0 Å². The molecule has 0 saturated carbocycles. The fraction of sp³-hybridized carbons (Fsp3) is 0.333. The van der Waals surface area contributed by atoms with E-state index in [1.807, 2.05) is 6.26 Å². The first-order valence-corrected chi connectivity index (χ1v) is 7.57. The molecule has 1 aromatic rings. The predicted octanol–water partition coefficient (Wildman–Crippen LogP) is 2.75. The molecule has 0 heterocycles. The number of hydrogen-bond acceptors (Lipinski definition) is 3. The molecule has 0 atom stereocenters. The first kappa shape index (κ1) is 16.1. The number of hydrogen-bond donors (Lipinski definition) is 1. The van der Waals surface area contributed by atoms with E-state index in [9.17, 15) is 9.59 Å². The lowest BCUT2D eigenvalue weighted by atomic mass is 10.3. The minimum absolute atomic E-state index is 0.000358. The number of carbonyl (C=O) groups excluding carboxylic acids is 2. The Morgan fingerprint density at radius 3 is 2.58 bits per heavy atom. The van der Waals surface area contributed by atoms with E-state index in [1.165, 1.54) is 16.7 Å². The van der Waals surface area contributed by atoms with Gasteiger partial charge in [0.15, 0.2) is 0 Å². The molecule has 0 aliphatic heterocycles. The number of nitrogens with zero attached hydrogens (tertiary/aromatic N) is 1. The van der Waals surface area contributed by atoms with Gasteiger partial charge in [-0.2, -0.15) is 11.8 Å². The van der Waals surface area contributed by atoms with Gasteiger partial charge in [0, 0.05) is 12.7 Å². The molecule has 0 fully saturated rings. The van der Waals surface area contributed by atoms with E-state index in [0.717, 1.165) is 0 Å². The summed E-state index contributed by atoms with van der Waals surface area (Å²) in [6, 6.07) is 4.81. The van der Waals surface area contributed by atoms with Crippen molar-refractivity contribution in [1.29, 1.82) is 0 Å². The summed E-state index contributed by atoms with van der Waals surface area (Å²) in [5, 5.41) is 3.45. The quantitative estimate of drug-likeness (QED) is 0.907. The monoisotopic (exact) mass is 320 g/mol. The van der Waals surface area contributed by atoms with Crippen LogP contribution in [-0.2, 0) is 9.59 Å². The third-order valence-electron chi connectivity index (χ3n) is 2.28. The van der Waals surface area contributed by atoms with Gasteiger partial charge in [0.05, 0.1) is 22.3 Å². The standard InChI is InChI=1S/C12H14Cl2N2O2S/c1-16(12(18)7-19-2)6-11(17)15-8-3-4-9(13)10(14)5-8/h3-5H,6-7H2,1-2H3,(H,15,17). The molecule has 104 valence electrons. The zero-order chi connectivity index (χ0) is 14.4. The normalized spacial score (nSPS) is 10.1. The molecule has 0 aliphatic carbocycles. The average Bonchev–Trinajstić information content (AvgIpc) is 2.34. The number of nitrogens with one attached hydrogen (secondary N) is 1. The highest BCUT2D eigenvalue weighted by molar-refractivity contribution is 7.99. The van der Waals surface area contributed by atoms with E-state index in [-0.39, 0.29) is 18.4 Å². The lowest BCUT2D eigenvalue weighted by Crippen LogP contribution is -2.35. The van der Waals surface area contributed by atoms with Gasteiger partial charge in [-0.1, -0.05) is 23.2 Å². The van der Waals surface area contributed by atoms with Crippen LogP contribution in [0.3, 0.4) is 0 Å². The van der Waals surface area contributed by atoms with Gasteiger partial charge in [-0.15, -0.1) is 0 Å². The number of benzene rings is 1. The first-order chi connectivity index (χ1) is 8.93. The van der Waals surface area contributed by atoms with E-state index < -0.39 is 0 Å². The van der Waals surface area contributed by atoms with Gasteiger partial charge < -0.3 is 10.2 Å². The summed E-state index contributed by atoms with van der Waals surface area (Å²) < 4.78 is 0. The molecule has 0 bridgehead atoms. The van der Waals surface area contributed by atoms with Crippen molar-refractivity contribution in [2.24, 2.45) is 0 Å². The zero-order valence-corrected chi connectivity index (χ0v) is 12.9. The van der Waals surface area contributed by atoms with Crippen LogP contribution in [0.1, 0.15) is 0 Å². The van der Waals surface area contributed by atoms with Crippen LogP contribution in [0, 0.1) is 0 Å². The van der Waals surface area contributed by atoms with Crippen LogP contribution in [0.5, 0.6) is 0 Å². The van der Waals surface area contributed by atoms with Crippen molar-refractivity contribution in [1.82, 2.24) is 4.90 Å². The predicted molar refractivity (Wildman–Crippen MR) is 81.1 cm³/mol. The van der Waals surface area contributed by atoms with Crippen LogP contribution < -0.4 is 5.32 Å². The maximum Gasteiger partial charge on any atom is 0.243 e. The second-order valence-electron chi connectivity index (χ2n) is 3.86. The number of likely N-dealkylation sites (N-methyl/N-ethyl adjacent to an activating group) is 1. The number of thioether (sulfide) groups is 1. The molecular formula is C12H14Cl2N2O2S. The summed E-state index contributed by atoms with van der Waals surface area (Å²) in [6.07, 6.45) is 1.83. The summed E-state index contributed by atoms with van der Waals surface area (Å²) in [5.74, 6) is -0.0107. The molecule has 1 rings (SSSR count). The van der Waals surface area contributed by atoms with Gasteiger partial charge in [0.2, 0.25) is 11.8 Å². The van der Waals surface area contributed by atoms with Crippen LogP contribution in [0.25, 0.3) is 0 Å². The molecule has 0 saturated heterocycles. The number of amides is 2. The van der Waals surface area contributed by atoms with E-state index >= 15 is 0 Å². The summed E-state index contributed by atoms with van der Waals surface area (Å²) in [4.78, 5) is 24.6. The average molecular weight is 321 g/mol. The molecule has 1 aromatic carbocycles. The third kappa shape index (κ3) is 5.30. The third-order valence-corrected chi connectivity index (χ3v) is 3.55. The molecule has 0 aromatic heterocycles. The van der Waals surface area contributed by atoms with Gasteiger partial charge >= 0.3 is 0 Å². The van der Waals surface area contributed by atoms with Crippen molar-refractivity contribution in [2.75, 3.05) is 30.9 Å². The van der Waals surface area contributed by atoms with E-state index in [0.29, 0.717) is 21.5 Å². The molecule has 4 nitrogen and oxygen atoms in total. The van der Waals surface area contributed by atoms with E-state index in [1.54, 1.807) is 25.2 Å². The van der Waals surface area contributed by atoms with Crippen LogP contribution >= 0.6 is 35.0 Å². The number of halogens is 2. The van der Waals surface area contributed by atoms with Crippen molar-refractivity contribution >= 4 is 52.5 Å². The van der Waals surface area contributed by atoms with Crippen molar-refractivity contribution in [3.8, 4) is 0 Å². The fourth-order valence-electron chi connectivity index (χ4n) is 1.31. The molecule has 19 heavy (non-hydrogen) atoms. The largest absolute Gasteiger partial charge is 0.336 e. The maximum absolute atomic E-state index is 11.7. The highest BCUT2D eigenvalue weighted by Gasteiger charge is 2.12. The Morgan fingerprint density at radius 1 is 1.32 bits per heavy atom. The Kier molecular flexibility index (Phi) is 6.48. The Morgan fingerprint density at radius 2 is 2.00 bits per heavy atom. The van der Waals surface area contributed by atoms with Crippen LogP contribution in [-0.4, -0.2) is 42.3 Å². The smallest absolute Gasteiger partial charge is 0.243 e. The van der Waals surface area contributed by atoms with Gasteiger partial charge in [-0.3, -0.25) is 9.59 Å². The Hall–Kier alpha value is -0.910. The molecule has 7 heteroatoms. The van der Waals surface area contributed by atoms with Gasteiger partial charge in [-0.25, -0.2) is 0 Å². The van der Waals surface area contributed by atoms with Crippen LogP contribution in [0.15, 0.2) is 18.2 Å². The molecule has 0 radical (unpaired) electrons. The Bertz CT molecular complexity index is 483. The number of anilines is 1. The van der Waals surface area contributed by atoms with Crippen molar-refractivity contribution in [2.45, 2.75) is 0 Å². The number of rotatable bonds is 5. The molecule has 0 unspecified atom stereocenters. The highest BCUT2D eigenvalue weighted by atomic mass is 35.5. The summed E-state index contributed by atoms with van der Waals surface area (Å²) in [7, 11) is 1.59. The molecule has 0 spiro atoms. The van der Waals surface area contributed by atoms with Gasteiger partial charge in [0.25, 0.3) is 0 Å². The Labute approximate surface area is 126 Å². The second-order valence-corrected chi connectivity index (χ2v) is 5.54. The SMILES string of the molecule is CSCC(=O)N(C)CC(=O)Nc1ccc(Cl)c(Cl)c1. The van der Waals surface area contributed by atoms with Crippen molar-refractivity contribution < 1.29 is 9.59 Å². The minimum atomic E-state index is -0.282. The Balaban J connectivity index is 2.55. The van der Waals surface area contributed by atoms with Crippen LogP contribution in [0.2, 0.25) is 10.0 Å². The summed E-state index contributed by atoms with van der Waals surface area (Å²) in [6.45, 7) is -0.000358. The molecule has 2 amide bonds. The molecule has 1 N–H and O–H groups in total. The van der Waals surface area contributed by atoms with Gasteiger partial charge in [-0.05, 0) is 24.5 Å². The molecule has 0 aliphatic rings. The van der Waals surface area contributed by atoms with E-state index in [2.05, 4.69) is 5.32 Å². The first-order valence-electron chi connectivity index (χ1n) is 5.42. The zero-order valence-electron chi connectivity index (χ0n) is 10.6. The fourth-order valence-corrected chi connectivity index (χ4v) is 2.08. The van der Waals surface area contributed by atoms with E-state index in [4.69, 9.17) is 23.2 Å².